The Morgan fingerprint density at radius 1 is 1.62 bits per heavy atom. The summed E-state index contributed by atoms with van der Waals surface area (Å²) in [7, 11) is 0. The second-order valence-corrected chi connectivity index (χ2v) is 0.797. The van der Waals surface area contributed by atoms with Crippen molar-refractivity contribution in [3.63, 3.8) is 0 Å². The Morgan fingerprint density at radius 2 is 2.00 bits per heavy atom. The van der Waals surface area contributed by atoms with E-state index < -0.39 is 5.97 Å². The highest BCUT2D eigenvalue weighted by Crippen LogP contribution is 1.78. The molecule has 0 aliphatic rings. The summed E-state index contributed by atoms with van der Waals surface area (Å²) < 4.78 is 3.84. The maximum Gasteiger partial charge on any atom is 0.341 e. The Balaban J connectivity index is 0. The minimum Gasteiger partial charge on any atom is -0.391 e. The van der Waals surface area contributed by atoms with E-state index in [2.05, 4.69) is 36.8 Å². The average molecular weight is 132 g/mol. The third-order valence-corrected chi connectivity index (χ3v) is 0.437. The lowest BCUT2D eigenvalue weighted by Crippen LogP contribution is -1.86. The van der Waals surface area contributed by atoms with E-state index in [0.717, 1.165) is 6.08 Å². The molecule has 0 rings (SSSR count). The summed E-state index contributed by atoms with van der Waals surface area (Å²) in [6, 6.07) is 0. The Morgan fingerprint density at radius 3 is 2.00 bits per heavy atom. The SMILES string of the molecule is C=C.C=CC(=O)OS. The molecule has 0 saturated carbocycles. The molecule has 0 saturated heterocycles. The highest BCUT2D eigenvalue weighted by molar-refractivity contribution is 7.75. The van der Waals surface area contributed by atoms with Gasteiger partial charge in [0.15, 0.2) is 0 Å². The van der Waals surface area contributed by atoms with Crippen molar-refractivity contribution in [1.29, 1.82) is 0 Å². The number of thiol groups is 1. The Labute approximate surface area is 54.5 Å². The van der Waals surface area contributed by atoms with Gasteiger partial charge in [-0.2, -0.15) is 0 Å². The molecule has 0 aromatic rings. The van der Waals surface area contributed by atoms with E-state index in [-0.39, 0.29) is 0 Å². The standard InChI is InChI=1S/C3H4O2S.C2H4/c1-2-3(4)5-6;1-2/h2,6H,1H2;1-2H2. The van der Waals surface area contributed by atoms with Gasteiger partial charge in [-0.3, -0.25) is 0 Å². The fourth-order valence-electron chi connectivity index (χ4n) is 0.0373. The van der Waals surface area contributed by atoms with Gasteiger partial charge < -0.3 is 4.18 Å². The smallest absolute Gasteiger partial charge is 0.341 e. The fourth-order valence-corrected chi connectivity index (χ4v) is 0.112. The summed E-state index contributed by atoms with van der Waals surface area (Å²) in [5, 5.41) is 0. The van der Waals surface area contributed by atoms with Crippen LogP contribution in [-0.4, -0.2) is 5.97 Å². The topological polar surface area (TPSA) is 26.3 Å². The average Bonchev–Trinajstić information content (AvgIpc) is 1.91. The summed E-state index contributed by atoms with van der Waals surface area (Å²) >= 11 is 3.17. The summed E-state index contributed by atoms with van der Waals surface area (Å²) in [5.74, 6) is -0.529. The maximum atomic E-state index is 9.76. The second kappa shape index (κ2) is 9.57. The summed E-state index contributed by atoms with van der Waals surface area (Å²) in [6.07, 6.45) is 1.03. The van der Waals surface area contributed by atoms with Crippen molar-refractivity contribution < 1.29 is 8.98 Å². The van der Waals surface area contributed by atoms with Crippen LogP contribution >= 0.6 is 12.9 Å². The molecule has 0 N–H and O–H groups in total. The van der Waals surface area contributed by atoms with Gasteiger partial charge in [0.1, 0.15) is 0 Å². The van der Waals surface area contributed by atoms with Gasteiger partial charge in [0.05, 0.1) is 0 Å². The monoisotopic (exact) mass is 132 g/mol. The van der Waals surface area contributed by atoms with E-state index in [1.165, 1.54) is 0 Å². The lowest BCUT2D eigenvalue weighted by atomic mass is 10.7. The van der Waals surface area contributed by atoms with Crippen molar-refractivity contribution in [2.45, 2.75) is 0 Å². The van der Waals surface area contributed by atoms with Crippen molar-refractivity contribution in [3.05, 3.63) is 25.8 Å². The second-order valence-electron chi connectivity index (χ2n) is 0.614. The van der Waals surface area contributed by atoms with Crippen molar-refractivity contribution in [2.24, 2.45) is 0 Å². The van der Waals surface area contributed by atoms with E-state index in [0.29, 0.717) is 0 Å². The van der Waals surface area contributed by atoms with E-state index in [9.17, 15) is 4.79 Å². The third-order valence-electron chi connectivity index (χ3n) is 0.257. The van der Waals surface area contributed by atoms with E-state index in [4.69, 9.17) is 0 Å². The molecule has 0 aromatic heterocycles. The molecule has 46 valence electrons. The fraction of sp³-hybridized carbons (Fsp3) is 0. The minimum atomic E-state index is -0.529. The Bertz CT molecular complexity index is 80.5. The first-order chi connectivity index (χ1) is 3.81. The van der Waals surface area contributed by atoms with Crippen LogP contribution in [0.25, 0.3) is 0 Å². The zero-order valence-corrected chi connectivity index (χ0v) is 5.36. The van der Waals surface area contributed by atoms with Crippen LogP contribution in [0.2, 0.25) is 0 Å². The molecule has 0 aliphatic carbocycles. The van der Waals surface area contributed by atoms with E-state index in [1.807, 2.05) is 0 Å². The molecule has 0 amide bonds. The predicted molar refractivity (Wildman–Crippen MR) is 36.5 cm³/mol. The Kier molecular flexibility index (Phi) is 12.3. The van der Waals surface area contributed by atoms with Crippen molar-refractivity contribution in [1.82, 2.24) is 0 Å². The first-order valence-electron chi connectivity index (χ1n) is 1.79. The molecule has 2 nitrogen and oxygen atoms in total. The minimum absolute atomic E-state index is 0.529. The first kappa shape index (κ1) is 10.3. The quantitative estimate of drug-likeness (QED) is 0.252. The van der Waals surface area contributed by atoms with Gasteiger partial charge in [0.2, 0.25) is 0 Å². The molecule has 0 unspecified atom stereocenters. The Hall–Kier alpha value is -0.700. The van der Waals surface area contributed by atoms with Crippen LogP contribution in [0, 0.1) is 0 Å². The molecule has 0 radical (unpaired) electrons. The summed E-state index contributed by atoms with van der Waals surface area (Å²) in [6.45, 7) is 9.11. The highest BCUT2D eigenvalue weighted by atomic mass is 32.1. The molecule has 0 atom stereocenters. The maximum absolute atomic E-state index is 9.76. The molecule has 0 aliphatic heterocycles. The van der Waals surface area contributed by atoms with Gasteiger partial charge in [0, 0.05) is 19.0 Å². The number of rotatable bonds is 1. The van der Waals surface area contributed by atoms with Crippen LogP contribution in [0.5, 0.6) is 0 Å². The summed E-state index contributed by atoms with van der Waals surface area (Å²) in [4.78, 5) is 9.76. The molecular formula is C5H8O2S. The van der Waals surface area contributed by atoms with Crippen molar-refractivity contribution in [2.75, 3.05) is 0 Å². The van der Waals surface area contributed by atoms with E-state index in [1.54, 1.807) is 0 Å². The van der Waals surface area contributed by atoms with Crippen LogP contribution in [0.4, 0.5) is 0 Å². The normalized spacial score (nSPS) is 5.62. The number of hydrogen-bond donors (Lipinski definition) is 1. The van der Waals surface area contributed by atoms with Gasteiger partial charge >= 0.3 is 5.97 Å². The van der Waals surface area contributed by atoms with Crippen LogP contribution in [0.3, 0.4) is 0 Å². The molecule has 0 spiro atoms. The molecule has 0 bridgehead atoms. The van der Waals surface area contributed by atoms with Gasteiger partial charge in [-0.05, 0) is 0 Å². The van der Waals surface area contributed by atoms with Crippen molar-refractivity contribution in [3.8, 4) is 0 Å². The molecule has 3 heteroatoms. The van der Waals surface area contributed by atoms with Gasteiger partial charge in [-0.25, -0.2) is 4.79 Å². The zero-order valence-electron chi connectivity index (χ0n) is 4.46. The lowest BCUT2D eigenvalue weighted by molar-refractivity contribution is -0.127. The number of carbonyl (C=O) groups is 1. The molecule has 0 fully saturated rings. The predicted octanol–water partition coefficient (Wildman–Crippen LogP) is 1.36. The van der Waals surface area contributed by atoms with Crippen LogP contribution in [0.15, 0.2) is 25.8 Å². The van der Waals surface area contributed by atoms with Gasteiger partial charge in [-0.15, -0.1) is 13.2 Å². The molecule has 0 heterocycles. The lowest BCUT2D eigenvalue weighted by Gasteiger charge is -1.80. The molecule has 0 aromatic carbocycles. The van der Waals surface area contributed by atoms with Crippen molar-refractivity contribution >= 4 is 18.9 Å². The third kappa shape index (κ3) is 9.00. The summed E-state index contributed by atoms with van der Waals surface area (Å²) in [5.41, 5.74) is 0. The molecular weight excluding hydrogens is 124 g/mol. The molecule has 8 heavy (non-hydrogen) atoms. The van der Waals surface area contributed by atoms with Gasteiger partial charge in [-0.1, -0.05) is 6.58 Å². The van der Waals surface area contributed by atoms with Crippen LogP contribution < -0.4 is 0 Å². The number of hydrogen-bond acceptors (Lipinski definition) is 3. The van der Waals surface area contributed by atoms with Crippen LogP contribution in [0.1, 0.15) is 0 Å². The number of carbonyl (C=O) groups excluding carboxylic acids is 1. The highest BCUT2D eigenvalue weighted by Gasteiger charge is 1.83. The van der Waals surface area contributed by atoms with E-state index >= 15 is 0 Å². The first-order valence-corrected chi connectivity index (χ1v) is 2.15. The largest absolute Gasteiger partial charge is 0.391 e. The van der Waals surface area contributed by atoms with Crippen LogP contribution in [-0.2, 0) is 8.98 Å². The zero-order chi connectivity index (χ0) is 6.99. The van der Waals surface area contributed by atoms with Gasteiger partial charge in [0.25, 0.3) is 0 Å².